The number of hydrogen-bond acceptors (Lipinski definition) is 2. The quantitative estimate of drug-likeness (QED) is 0.467. The lowest BCUT2D eigenvalue weighted by Gasteiger charge is -2.06. The Labute approximate surface area is 112 Å². The molecule has 0 saturated carbocycles. The van der Waals surface area contributed by atoms with Gasteiger partial charge in [-0.1, -0.05) is 23.6 Å². The molecule has 0 aliphatic carbocycles. The zero-order valence-corrected chi connectivity index (χ0v) is 10.8. The molecule has 0 N–H and O–H groups in total. The molecule has 6 heteroatoms. The van der Waals surface area contributed by atoms with Gasteiger partial charge in [0.2, 0.25) is 0 Å². The number of rotatable bonds is 2. The molecular weight excluding hydrogens is 280 g/mol. The molecule has 1 nitrogen and oxygen atoms in total. The van der Waals surface area contributed by atoms with Gasteiger partial charge in [0.05, 0.1) is 5.56 Å². The Morgan fingerprint density at radius 1 is 1.32 bits per heavy atom. The van der Waals surface area contributed by atoms with E-state index in [0.29, 0.717) is 18.2 Å². The second-order valence-corrected chi connectivity index (χ2v) is 4.89. The Hall–Kier alpha value is -1.48. The third kappa shape index (κ3) is 5.79. The minimum absolute atomic E-state index is 0.0276. The van der Waals surface area contributed by atoms with Crippen LogP contribution in [0.2, 0.25) is 0 Å². The number of carbonyl (C=O) groups is 1. The molecule has 19 heavy (non-hydrogen) atoms. The highest BCUT2D eigenvalue weighted by Crippen LogP contribution is 2.30. The third-order valence-electron chi connectivity index (χ3n) is 1.99. The summed E-state index contributed by atoms with van der Waals surface area (Å²) in [7, 11) is 0. The molecule has 0 aliphatic heterocycles. The Bertz CT molecular complexity index is 526. The van der Waals surface area contributed by atoms with E-state index < -0.39 is 17.6 Å². The topological polar surface area (TPSA) is 17.1 Å². The molecule has 0 unspecified atom stereocenters. The summed E-state index contributed by atoms with van der Waals surface area (Å²) in [4.78, 5) is 10.6. The van der Waals surface area contributed by atoms with Crippen LogP contribution >= 0.6 is 11.8 Å². The fraction of sp³-hybridized carbons (Fsp3) is 0.308. The van der Waals surface area contributed by atoms with Crippen molar-refractivity contribution >= 4 is 16.9 Å². The summed E-state index contributed by atoms with van der Waals surface area (Å²) < 4.78 is 50.3. The maximum atomic E-state index is 13.0. The van der Waals surface area contributed by atoms with Crippen molar-refractivity contribution < 1.29 is 22.4 Å². The predicted octanol–water partition coefficient (Wildman–Crippen LogP) is 3.87. The first-order chi connectivity index (χ1) is 8.79. The number of hydrogen-bond donors (Lipinski definition) is 0. The number of thioether (sulfide) groups is 1. The molecule has 1 rings (SSSR count). The van der Waals surface area contributed by atoms with Crippen LogP contribution in [0.25, 0.3) is 0 Å². The van der Waals surface area contributed by atoms with Gasteiger partial charge in [0.1, 0.15) is 5.82 Å². The molecule has 0 fully saturated rings. The van der Waals surface area contributed by atoms with Crippen LogP contribution < -0.4 is 0 Å². The van der Waals surface area contributed by atoms with E-state index in [0.717, 1.165) is 23.9 Å². The van der Waals surface area contributed by atoms with E-state index in [2.05, 4.69) is 11.8 Å². The standard InChI is InChI=1S/C13H10F4OS/c1-9(18)19-5-3-2-4-10-6-11(13(15,16)17)8-12(14)7-10/h6-8H,3,5H2,1H3. The Morgan fingerprint density at radius 3 is 2.58 bits per heavy atom. The van der Waals surface area contributed by atoms with Gasteiger partial charge in [-0.25, -0.2) is 4.39 Å². The molecule has 0 spiro atoms. The van der Waals surface area contributed by atoms with E-state index in [4.69, 9.17) is 0 Å². The van der Waals surface area contributed by atoms with Crippen LogP contribution in [0.5, 0.6) is 0 Å². The van der Waals surface area contributed by atoms with Crippen LogP contribution in [0.1, 0.15) is 24.5 Å². The molecule has 0 saturated heterocycles. The first-order valence-electron chi connectivity index (χ1n) is 5.29. The lowest BCUT2D eigenvalue weighted by molar-refractivity contribution is -0.137. The van der Waals surface area contributed by atoms with Crippen molar-refractivity contribution in [3.8, 4) is 11.8 Å². The monoisotopic (exact) mass is 290 g/mol. The van der Waals surface area contributed by atoms with E-state index in [-0.39, 0.29) is 10.7 Å². The molecule has 0 atom stereocenters. The Morgan fingerprint density at radius 2 is 2.00 bits per heavy atom. The number of halogens is 4. The lowest BCUT2D eigenvalue weighted by Crippen LogP contribution is -2.05. The summed E-state index contributed by atoms with van der Waals surface area (Å²) >= 11 is 1.08. The molecule has 0 heterocycles. The van der Waals surface area contributed by atoms with Gasteiger partial charge in [0.25, 0.3) is 0 Å². The van der Waals surface area contributed by atoms with Gasteiger partial charge in [0.15, 0.2) is 5.12 Å². The maximum absolute atomic E-state index is 13.0. The molecular formula is C13H10F4OS. The average Bonchev–Trinajstić information content (AvgIpc) is 2.26. The second-order valence-electron chi connectivity index (χ2n) is 3.62. The minimum atomic E-state index is -4.59. The van der Waals surface area contributed by atoms with Gasteiger partial charge in [-0.3, -0.25) is 4.79 Å². The number of benzene rings is 1. The van der Waals surface area contributed by atoms with Crippen LogP contribution in [0.3, 0.4) is 0 Å². The predicted molar refractivity (Wildman–Crippen MR) is 66.0 cm³/mol. The zero-order valence-electron chi connectivity index (χ0n) is 9.97. The summed E-state index contributed by atoms with van der Waals surface area (Å²) in [5.74, 6) is 4.55. The fourth-order valence-corrected chi connectivity index (χ4v) is 1.73. The van der Waals surface area contributed by atoms with E-state index in [1.807, 2.05) is 0 Å². The zero-order chi connectivity index (χ0) is 14.5. The van der Waals surface area contributed by atoms with Crippen LogP contribution in [-0.2, 0) is 11.0 Å². The van der Waals surface area contributed by atoms with Crippen molar-refractivity contribution in [3.63, 3.8) is 0 Å². The van der Waals surface area contributed by atoms with Crippen molar-refractivity contribution in [2.45, 2.75) is 19.5 Å². The van der Waals surface area contributed by atoms with Gasteiger partial charge in [-0.15, -0.1) is 0 Å². The van der Waals surface area contributed by atoms with E-state index in [9.17, 15) is 22.4 Å². The van der Waals surface area contributed by atoms with Crippen LogP contribution in [0.15, 0.2) is 18.2 Å². The largest absolute Gasteiger partial charge is 0.416 e. The summed E-state index contributed by atoms with van der Waals surface area (Å²) in [6.45, 7) is 1.42. The lowest BCUT2D eigenvalue weighted by atomic mass is 10.1. The maximum Gasteiger partial charge on any atom is 0.416 e. The van der Waals surface area contributed by atoms with Crippen molar-refractivity contribution in [3.05, 3.63) is 35.1 Å². The average molecular weight is 290 g/mol. The van der Waals surface area contributed by atoms with E-state index in [1.54, 1.807) is 0 Å². The fourth-order valence-electron chi connectivity index (χ4n) is 1.24. The normalized spacial score (nSPS) is 10.8. The second kappa shape index (κ2) is 6.62. The van der Waals surface area contributed by atoms with Gasteiger partial charge in [-0.2, -0.15) is 13.2 Å². The van der Waals surface area contributed by atoms with Crippen molar-refractivity contribution in [2.24, 2.45) is 0 Å². The highest BCUT2D eigenvalue weighted by Gasteiger charge is 2.31. The molecule has 102 valence electrons. The van der Waals surface area contributed by atoms with Gasteiger partial charge >= 0.3 is 6.18 Å². The molecule has 0 aliphatic rings. The number of alkyl halides is 3. The van der Waals surface area contributed by atoms with Crippen molar-refractivity contribution in [2.75, 3.05) is 5.75 Å². The highest BCUT2D eigenvalue weighted by molar-refractivity contribution is 8.13. The van der Waals surface area contributed by atoms with Gasteiger partial charge in [0, 0.05) is 24.7 Å². The summed E-state index contributed by atoms with van der Waals surface area (Å²) in [6.07, 6.45) is -4.24. The first-order valence-corrected chi connectivity index (χ1v) is 6.27. The molecule has 0 bridgehead atoms. The molecule has 0 amide bonds. The van der Waals surface area contributed by atoms with Crippen LogP contribution in [-0.4, -0.2) is 10.9 Å². The smallest absolute Gasteiger partial charge is 0.288 e. The number of carbonyl (C=O) groups excluding carboxylic acids is 1. The Balaban J connectivity index is 2.77. The van der Waals surface area contributed by atoms with Crippen LogP contribution in [0, 0.1) is 17.7 Å². The third-order valence-corrected chi connectivity index (χ3v) is 2.80. The molecule has 0 radical (unpaired) electrons. The van der Waals surface area contributed by atoms with E-state index in [1.165, 1.54) is 6.92 Å². The molecule has 1 aromatic rings. The summed E-state index contributed by atoms with van der Waals surface area (Å²) in [5, 5.41) is -0.0492. The van der Waals surface area contributed by atoms with Crippen molar-refractivity contribution in [1.29, 1.82) is 0 Å². The van der Waals surface area contributed by atoms with Crippen molar-refractivity contribution in [1.82, 2.24) is 0 Å². The molecule has 1 aromatic carbocycles. The first kappa shape index (κ1) is 15.6. The Kier molecular flexibility index (Phi) is 5.43. The summed E-state index contributed by atoms with van der Waals surface area (Å²) in [5.41, 5.74) is -1.09. The summed E-state index contributed by atoms with van der Waals surface area (Å²) in [6, 6.07) is 2.17. The van der Waals surface area contributed by atoms with Gasteiger partial charge < -0.3 is 0 Å². The van der Waals surface area contributed by atoms with Crippen LogP contribution in [0.4, 0.5) is 17.6 Å². The minimum Gasteiger partial charge on any atom is -0.288 e. The molecule has 0 aromatic heterocycles. The van der Waals surface area contributed by atoms with E-state index >= 15 is 0 Å². The van der Waals surface area contributed by atoms with Gasteiger partial charge in [-0.05, 0) is 18.2 Å². The highest BCUT2D eigenvalue weighted by atomic mass is 32.2. The SMILES string of the molecule is CC(=O)SCCC#Cc1cc(F)cc(C(F)(F)F)c1.